The molecule has 1 aromatic rings. The molecule has 4 N–H and O–H groups in total. The predicted octanol–water partition coefficient (Wildman–Crippen LogP) is 0.600. The van der Waals surface area contributed by atoms with Gasteiger partial charge in [0, 0.05) is 25.1 Å². The van der Waals surface area contributed by atoms with Crippen LogP contribution in [0.3, 0.4) is 0 Å². The van der Waals surface area contributed by atoms with Crippen molar-refractivity contribution in [2.45, 2.75) is 39.2 Å². The molecule has 1 aliphatic rings. The van der Waals surface area contributed by atoms with Crippen LogP contribution >= 0.6 is 0 Å². The molecule has 7 nitrogen and oxygen atoms in total. The molecule has 0 atom stereocenters. The molecule has 2 rings (SSSR count). The van der Waals surface area contributed by atoms with Crippen LogP contribution < -0.4 is 21.5 Å². The number of carbonyl (C=O) groups is 1. The average Bonchev–Trinajstić information content (AvgIpc) is 2.41. The Kier molecular flexibility index (Phi) is 3.80. The molecule has 0 spiro atoms. The van der Waals surface area contributed by atoms with E-state index in [4.69, 9.17) is 5.84 Å². The largest absolute Gasteiger partial charge is 0.352 e. The first-order chi connectivity index (χ1) is 9.36. The van der Waals surface area contributed by atoms with Crippen LogP contribution in [0.2, 0.25) is 0 Å². The Morgan fingerprint density at radius 2 is 2.15 bits per heavy atom. The molecule has 7 heteroatoms. The molecule has 1 amide bonds. The number of aromatic nitrogens is 2. The summed E-state index contributed by atoms with van der Waals surface area (Å²) < 4.78 is 0. The van der Waals surface area contributed by atoms with Crippen molar-refractivity contribution >= 4 is 17.5 Å². The van der Waals surface area contributed by atoms with E-state index in [1.807, 2.05) is 32.6 Å². The minimum atomic E-state index is -0.646. The van der Waals surface area contributed by atoms with E-state index in [0.29, 0.717) is 24.7 Å². The van der Waals surface area contributed by atoms with Gasteiger partial charge in [-0.3, -0.25) is 4.79 Å². The quantitative estimate of drug-likeness (QED) is 0.553. The van der Waals surface area contributed by atoms with Gasteiger partial charge in [0.05, 0.1) is 0 Å². The van der Waals surface area contributed by atoms with E-state index < -0.39 is 5.54 Å². The third-order valence-corrected chi connectivity index (χ3v) is 3.52. The molecule has 0 bridgehead atoms. The average molecular weight is 278 g/mol. The summed E-state index contributed by atoms with van der Waals surface area (Å²) in [4.78, 5) is 22.9. The van der Waals surface area contributed by atoms with Crippen molar-refractivity contribution in [1.29, 1.82) is 0 Å². The molecule has 1 fully saturated rings. The number of nitrogen functional groups attached to an aromatic ring is 1. The number of rotatable bonds is 3. The molecule has 1 saturated heterocycles. The predicted molar refractivity (Wildman–Crippen MR) is 78.4 cm³/mol. The third kappa shape index (κ3) is 2.53. The van der Waals surface area contributed by atoms with Crippen molar-refractivity contribution in [3.05, 3.63) is 11.9 Å². The fourth-order valence-electron chi connectivity index (χ4n) is 2.22. The van der Waals surface area contributed by atoms with Crippen LogP contribution in [0.1, 0.15) is 39.4 Å². The van der Waals surface area contributed by atoms with Gasteiger partial charge in [-0.15, -0.1) is 0 Å². The summed E-state index contributed by atoms with van der Waals surface area (Å²) in [5, 5.41) is 2.87. The maximum atomic E-state index is 12.0. The van der Waals surface area contributed by atoms with Gasteiger partial charge in [0.2, 0.25) is 5.91 Å². The number of nitrogens with zero attached hydrogens (tertiary/aromatic N) is 3. The van der Waals surface area contributed by atoms with Crippen molar-refractivity contribution in [2.75, 3.05) is 23.4 Å². The summed E-state index contributed by atoms with van der Waals surface area (Å²) >= 11 is 0. The second kappa shape index (κ2) is 5.24. The van der Waals surface area contributed by atoms with Gasteiger partial charge in [0.25, 0.3) is 0 Å². The van der Waals surface area contributed by atoms with Crippen molar-refractivity contribution in [1.82, 2.24) is 15.3 Å². The van der Waals surface area contributed by atoms with Crippen LogP contribution in [0, 0.1) is 0 Å². The molecule has 0 aromatic carbocycles. The summed E-state index contributed by atoms with van der Waals surface area (Å²) in [6, 6.07) is 1.77. The van der Waals surface area contributed by atoms with E-state index in [0.717, 1.165) is 5.82 Å². The third-order valence-electron chi connectivity index (χ3n) is 3.52. The molecule has 1 aliphatic heterocycles. The van der Waals surface area contributed by atoms with Crippen molar-refractivity contribution in [2.24, 2.45) is 5.84 Å². The molecular weight excluding hydrogens is 256 g/mol. The minimum absolute atomic E-state index is 0.00397. The molecule has 20 heavy (non-hydrogen) atoms. The topological polar surface area (TPSA) is 96.2 Å². The van der Waals surface area contributed by atoms with Crippen molar-refractivity contribution in [3.8, 4) is 0 Å². The lowest BCUT2D eigenvalue weighted by Gasteiger charge is -2.42. The van der Waals surface area contributed by atoms with E-state index in [9.17, 15) is 4.79 Å². The molecule has 0 unspecified atom stereocenters. The zero-order valence-electron chi connectivity index (χ0n) is 12.4. The second-order valence-electron chi connectivity index (χ2n) is 5.74. The monoisotopic (exact) mass is 278 g/mol. The van der Waals surface area contributed by atoms with Crippen LogP contribution in [0.5, 0.6) is 0 Å². The molecule has 0 radical (unpaired) electrons. The number of hydrazine groups is 1. The van der Waals surface area contributed by atoms with Gasteiger partial charge in [0.1, 0.15) is 23.0 Å². The number of nitrogens with two attached hydrogens (primary N) is 1. The molecule has 2 heterocycles. The highest BCUT2D eigenvalue weighted by molar-refractivity contribution is 5.90. The molecule has 0 saturated carbocycles. The van der Waals surface area contributed by atoms with Crippen LogP contribution in [-0.2, 0) is 4.79 Å². The summed E-state index contributed by atoms with van der Waals surface area (Å²) in [5.74, 6) is 7.63. The summed E-state index contributed by atoms with van der Waals surface area (Å²) in [5.41, 5.74) is 1.92. The molecular formula is C13H22N6O. The van der Waals surface area contributed by atoms with E-state index in [2.05, 4.69) is 20.7 Å². The Morgan fingerprint density at radius 1 is 1.45 bits per heavy atom. The SMILES string of the molecule is CC(C)c1nc(NN)cc(N2CCNC(=O)C2(C)C)n1. The van der Waals surface area contributed by atoms with Gasteiger partial charge in [-0.05, 0) is 13.8 Å². The van der Waals surface area contributed by atoms with Gasteiger partial charge < -0.3 is 15.6 Å². The highest BCUT2D eigenvalue weighted by Gasteiger charge is 2.38. The first-order valence-corrected chi connectivity index (χ1v) is 6.77. The van der Waals surface area contributed by atoms with Crippen LogP contribution in [0.25, 0.3) is 0 Å². The number of carbonyl (C=O) groups excluding carboxylic acids is 1. The number of hydrogen-bond acceptors (Lipinski definition) is 6. The first-order valence-electron chi connectivity index (χ1n) is 6.77. The van der Waals surface area contributed by atoms with Gasteiger partial charge in [-0.25, -0.2) is 15.8 Å². The first kappa shape index (κ1) is 14.5. The molecule has 110 valence electrons. The minimum Gasteiger partial charge on any atom is -0.352 e. The molecule has 1 aromatic heterocycles. The Bertz CT molecular complexity index is 514. The van der Waals surface area contributed by atoms with Crippen LogP contribution in [0.15, 0.2) is 6.07 Å². The fourth-order valence-corrected chi connectivity index (χ4v) is 2.22. The number of amides is 1. The fraction of sp³-hybridized carbons (Fsp3) is 0.615. The highest BCUT2D eigenvalue weighted by atomic mass is 16.2. The maximum Gasteiger partial charge on any atom is 0.245 e. The van der Waals surface area contributed by atoms with Gasteiger partial charge in [0.15, 0.2) is 0 Å². The van der Waals surface area contributed by atoms with Gasteiger partial charge in [-0.2, -0.15) is 0 Å². The van der Waals surface area contributed by atoms with E-state index in [1.54, 1.807) is 6.07 Å². The van der Waals surface area contributed by atoms with Gasteiger partial charge >= 0.3 is 0 Å². The highest BCUT2D eigenvalue weighted by Crippen LogP contribution is 2.27. The Hall–Kier alpha value is -1.89. The smallest absolute Gasteiger partial charge is 0.245 e. The summed E-state index contributed by atoms with van der Waals surface area (Å²) in [6.45, 7) is 9.12. The second-order valence-corrected chi connectivity index (χ2v) is 5.74. The zero-order valence-corrected chi connectivity index (χ0v) is 12.4. The van der Waals surface area contributed by atoms with Gasteiger partial charge in [-0.1, -0.05) is 13.8 Å². The Morgan fingerprint density at radius 3 is 2.75 bits per heavy atom. The standard InChI is InChI=1S/C13H22N6O/c1-8(2)11-16-9(18-14)7-10(17-11)19-6-5-15-12(20)13(19,3)4/h7-8H,5-6,14H2,1-4H3,(H,15,20)(H,16,17,18). The van der Waals surface area contributed by atoms with E-state index in [-0.39, 0.29) is 11.8 Å². The maximum absolute atomic E-state index is 12.0. The van der Waals surface area contributed by atoms with Crippen LogP contribution in [0.4, 0.5) is 11.6 Å². The van der Waals surface area contributed by atoms with Crippen molar-refractivity contribution < 1.29 is 4.79 Å². The lowest BCUT2D eigenvalue weighted by Crippen LogP contribution is -2.62. The Balaban J connectivity index is 2.45. The lowest BCUT2D eigenvalue weighted by molar-refractivity contribution is -0.126. The Labute approximate surface area is 118 Å². The number of piperazine rings is 1. The zero-order chi connectivity index (χ0) is 14.9. The summed E-state index contributed by atoms with van der Waals surface area (Å²) in [6.07, 6.45) is 0. The lowest BCUT2D eigenvalue weighted by atomic mass is 9.99. The molecule has 0 aliphatic carbocycles. The van der Waals surface area contributed by atoms with Crippen molar-refractivity contribution in [3.63, 3.8) is 0 Å². The number of anilines is 2. The van der Waals surface area contributed by atoms with Crippen LogP contribution in [-0.4, -0.2) is 34.5 Å². The summed E-state index contributed by atoms with van der Waals surface area (Å²) in [7, 11) is 0. The number of hydrogen-bond donors (Lipinski definition) is 3. The van der Waals surface area contributed by atoms with E-state index in [1.165, 1.54) is 0 Å². The number of nitrogens with one attached hydrogen (secondary N) is 2. The van der Waals surface area contributed by atoms with E-state index >= 15 is 0 Å². The normalized spacial score (nSPS) is 18.1.